The van der Waals surface area contributed by atoms with Crippen LogP contribution in [0.5, 0.6) is 0 Å². The van der Waals surface area contributed by atoms with E-state index in [0.717, 1.165) is 12.8 Å². The van der Waals surface area contributed by atoms with Crippen LogP contribution in [-0.4, -0.2) is 22.3 Å². The van der Waals surface area contributed by atoms with Crippen molar-refractivity contribution < 1.29 is 15.0 Å². The van der Waals surface area contributed by atoms with Gasteiger partial charge in [-0.3, -0.25) is 4.79 Å². The summed E-state index contributed by atoms with van der Waals surface area (Å²) < 4.78 is 0. The molecule has 0 aromatic heterocycles. The molecular weight excluding hydrogens is 288 g/mol. The zero-order valence-electron chi connectivity index (χ0n) is 14.4. The minimum atomic E-state index is -0.816. The maximum absolute atomic E-state index is 10.3. The summed E-state index contributed by atoms with van der Waals surface area (Å²) in [6.07, 6.45) is 23.6. The van der Waals surface area contributed by atoms with Crippen LogP contribution in [0.3, 0.4) is 0 Å². The Morgan fingerprint density at radius 1 is 0.957 bits per heavy atom. The van der Waals surface area contributed by atoms with Crippen molar-refractivity contribution in [2.75, 3.05) is 0 Å². The van der Waals surface area contributed by atoms with E-state index in [1.54, 1.807) is 6.08 Å². The number of aliphatic carboxylic acids is 1. The van der Waals surface area contributed by atoms with Gasteiger partial charge < -0.3 is 10.2 Å². The van der Waals surface area contributed by atoms with Crippen LogP contribution in [-0.2, 0) is 4.79 Å². The fourth-order valence-electron chi connectivity index (χ4n) is 1.98. The Morgan fingerprint density at radius 2 is 1.65 bits per heavy atom. The number of aliphatic hydroxyl groups excluding tert-OH is 1. The lowest BCUT2D eigenvalue weighted by molar-refractivity contribution is -0.137. The molecule has 0 aromatic carbocycles. The highest BCUT2D eigenvalue weighted by molar-refractivity contribution is 5.66. The van der Waals surface area contributed by atoms with Crippen LogP contribution in [0, 0.1) is 0 Å². The molecule has 0 radical (unpaired) electrons. The third-order valence-electron chi connectivity index (χ3n) is 3.32. The van der Waals surface area contributed by atoms with Crippen molar-refractivity contribution in [2.24, 2.45) is 0 Å². The van der Waals surface area contributed by atoms with E-state index in [-0.39, 0.29) is 6.42 Å². The van der Waals surface area contributed by atoms with Crippen LogP contribution in [0.2, 0.25) is 0 Å². The molecule has 0 amide bonds. The summed E-state index contributed by atoms with van der Waals surface area (Å²) >= 11 is 0. The molecule has 0 fully saturated rings. The van der Waals surface area contributed by atoms with Gasteiger partial charge in [0.1, 0.15) is 0 Å². The van der Waals surface area contributed by atoms with E-state index in [9.17, 15) is 9.90 Å². The van der Waals surface area contributed by atoms with Gasteiger partial charge in [-0.1, -0.05) is 68.4 Å². The van der Waals surface area contributed by atoms with Gasteiger partial charge in [0.25, 0.3) is 0 Å². The molecule has 0 heterocycles. The summed E-state index contributed by atoms with van der Waals surface area (Å²) in [7, 11) is 0. The number of rotatable bonds is 14. The number of unbranched alkanes of at least 4 members (excludes halogenated alkanes) is 3. The molecule has 130 valence electrons. The zero-order chi connectivity index (χ0) is 17.2. The molecule has 23 heavy (non-hydrogen) atoms. The molecule has 1 atom stereocenters. The topological polar surface area (TPSA) is 57.5 Å². The largest absolute Gasteiger partial charge is 0.481 e. The first-order valence-electron chi connectivity index (χ1n) is 8.70. The minimum Gasteiger partial charge on any atom is -0.481 e. The standard InChI is InChI=1S/C20H32O3/c1-2-3-4-5-6-7-8-9-10-11-12-13-14-16-19(21)17-15-18-20(22)23/h6-7,9-10,12-14,16,19,21H,2-5,8,11,15,17-18H2,1H3,(H,22,23)/b7-6-,10-9-,13-12+,16-14+/t19-/m0/s1. The molecule has 0 unspecified atom stereocenters. The van der Waals surface area contributed by atoms with Crippen molar-refractivity contribution in [1.82, 2.24) is 0 Å². The first kappa shape index (κ1) is 21.4. The van der Waals surface area contributed by atoms with Gasteiger partial charge in [0.15, 0.2) is 0 Å². The van der Waals surface area contributed by atoms with Crippen LogP contribution in [0.25, 0.3) is 0 Å². The molecule has 0 rings (SSSR count). The molecule has 3 nitrogen and oxygen atoms in total. The van der Waals surface area contributed by atoms with Crippen molar-refractivity contribution in [3.05, 3.63) is 48.6 Å². The SMILES string of the molecule is CCCCC/C=C\C/C=C\C/C=C/C=C/[C@H](O)CCCC(=O)O. The van der Waals surface area contributed by atoms with Gasteiger partial charge in [0.2, 0.25) is 0 Å². The highest BCUT2D eigenvalue weighted by Crippen LogP contribution is 2.03. The Morgan fingerprint density at radius 3 is 2.35 bits per heavy atom. The predicted molar refractivity (Wildman–Crippen MR) is 97.4 cm³/mol. The number of hydrogen-bond donors (Lipinski definition) is 2. The lowest BCUT2D eigenvalue weighted by Gasteiger charge is -2.02. The predicted octanol–water partition coefficient (Wildman–Crippen LogP) is 5.19. The fraction of sp³-hybridized carbons (Fsp3) is 0.550. The summed E-state index contributed by atoms with van der Waals surface area (Å²) in [5.41, 5.74) is 0. The molecule has 0 bridgehead atoms. The van der Waals surface area contributed by atoms with Crippen LogP contribution in [0.15, 0.2) is 48.6 Å². The lowest BCUT2D eigenvalue weighted by Crippen LogP contribution is -2.03. The van der Waals surface area contributed by atoms with Gasteiger partial charge in [-0.2, -0.15) is 0 Å². The number of allylic oxidation sites excluding steroid dienone is 7. The number of aliphatic hydroxyl groups is 1. The van der Waals surface area contributed by atoms with Crippen LogP contribution in [0.1, 0.15) is 64.7 Å². The van der Waals surface area contributed by atoms with Crippen LogP contribution >= 0.6 is 0 Å². The molecule has 2 N–H and O–H groups in total. The maximum Gasteiger partial charge on any atom is 0.303 e. The minimum absolute atomic E-state index is 0.110. The number of carbonyl (C=O) groups is 1. The van der Waals surface area contributed by atoms with Crippen molar-refractivity contribution in [3.63, 3.8) is 0 Å². The van der Waals surface area contributed by atoms with Gasteiger partial charge in [-0.25, -0.2) is 0 Å². The lowest BCUT2D eigenvalue weighted by atomic mass is 10.1. The smallest absolute Gasteiger partial charge is 0.303 e. The van der Waals surface area contributed by atoms with Gasteiger partial charge in [0.05, 0.1) is 6.10 Å². The first-order chi connectivity index (χ1) is 11.2. The van der Waals surface area contributed by atoms with Crippen molar-refractivity contribution >= 4 is 5.97 Å². The van der Waals surface area contributed by atoms with Gasteiger partial charge in [-0.05, 0) is 38.5 Å². The Hall–Kier alpha value is -1.61. The summed E-state index contributed by atoms with van der Waals surface area (Å²) in [4.78, 5) is 10.3. The third-order valence-corrected chi connectivity index (χ3v) is 3.32. The van der Waals surface area contributed by atoms with E-state index in [1.807, 2.05) is 18.2 Å². The average molecular weight is 320 g/mol. The summed E-state index contributed by atoms with van der Waals surface area (Å²) in [5, 5.41) is 18.1. The molecule has 0 saturated carbocycles. The molecule has 0 spiro atoms. The Labute approximate surface area is 141 Å². The summed E-state index contributed by atoms with van der Waals surface area (Å²) in [5.74, 6) is -0.816. The second kappa shape index (κ2) is 16.8. The van der Waals surface area contributed by atoms with E-state index in [4.69, 9.17) is 5.11 Å². The monoisotopic (exact) mass is 320 g/mol. The molecule has 0 aliphatic heterocycles. The Kier molecular flexibility index (Phi) is 15.6. The summed E-state index contributed by atoms with van der Waals surface area (Å²) in [6, 6.07) is 0. The van der Waals surface area contributed by atoms with E-state index in [2.05, 4.69) is 31.2 Å². The highest BCUT2D eigenvalue weighted by atomic mass is 16.4. The van der Waals surface area contributed by atoms with E-state index < -0.39 is 12.1 Å². The van der Waals surface area contributed by atoms with Gasteiger partial charge in [-0.15, -0.1) is 0 Å². The van der Waals surface area contributed by atoms with Crippen molar-refractivity contribution in [2.45, 2.75) is 70.8 Å². The average Bonchev–Trinajstić information content (AvgIpc) is 2.51. The van der Waals surface area contributed by atoms with Gasteiger partial charge >= 0.3 is 5.97 Å². The highest BCUT2D eigenvalue weighted by Gasteiger charge is 2.01. The fourth-order valence-corrected chi connectivity index (χ4v) is 1.98. The Balaban J connectivity index is 3.59. The number of carboxylic acids is 1. The molecule has 0 aliphatic carbocycles. The number of carboxylic acid groups (broad SMARTS) is 1. The van der Waals surface area contributed by atoms with E-state index >= 15 is 0 Å². The van der Waals surface area contributed by atoms with Crippen LogP contribution in [0.4, 0.5) is 0 Å². The Bertz CT molecular complexity index is 392. The van der Waals surface area contributed by atoms with E-state index in [1.165, 1.54) is 25.7 Å². The molecular formula is C20H32O3. The molecule has 3 heteroatoms. The quantitative estimate of drug-likeness (QED) is 0.263. The maximum atomic E-state index is 10.3. The first-order valence-corrected chi connectivity index (χ1v) is 8.70. The van der Waals surface area contributed by atoms with Gasteiger partial charge in [0, 0.05) is 6.42 Å². The normalized spacial score (nSPS) is 13.8. The number of hydrogen-bond acceptors (Lipinski definition) is 2. The second-order valence-corrected chi connectivity index (χ2v) is 5.58. The third kappa shape index (κ3) is 18.3. The second-order valence-electron chi connectivity index (χ2n) is 5.58. The molecule has 0 saturated heterocycles. The summed E-state index contributed by atoms with van der Waals surface area (Å²) in [6.45, 7) is 2.22. The van der Waals surface area contributed by atoms with E-state index in [0.29, 0.717) is 12.8 Å². The zero-order valence-corrected chi connectivity index (χ0v) is 14.4. The molecule has 0 aliphatic rings. The molecule has 0 aromatic rings. The van der Waals surface area contributed by atoms with Crippen molar-refractivity contribution in [3.8, 4) is 0 Å². The van der Waals surface area contributed by atoms with Crippen LogP contribution < -0.4 is 0 Å². The van der Waals surface area contributed by atoms with Crippen molar-refractivity contribution in [1.29, 1.82) is 0 Å².